The third kappa shape index (κ3) is 3.70. The van der Waals surface area contributed by atoms with E-state index < -0.39 is 0 Å². The molecule has 1 aromatic carbocycles. The summed E-state index contributed by atoms with van der Waals surface area (Å²) in [4.78, 5) is 2.40. The van der Waals surface area contributed by atoms with E-state index in [0.29, 0.717) is 11.7 Å². The highest BCUT2D eigenvalue weighted by Crippen LogP contribution is 2.25. The van der Waals surface area contributed by atoms with Gasteiger partial charge in [0, 0.05) is 30.3 Å². The first kappa shape index (κ1) is 13.8. The summed E-state index contributed by atoms with van der Waals surface area (Å²) in [5.41, 5.74) is 0.995. The summed E-state index contributed by atoms with van der Waals surface area (Å²) < 4.78 is 6.22. The zero-order valence-electron chi connectivity index (χ0n) is 10.7. The number of nitrogens with zero attached hydrogens (tertiary/aromatic N) is 1. The number of piperidine rings is 1. The number of rotatable bonds is 4. The number of likely N-dealkylation sites (tertiary alicyclic amines) is 1. The number of phenolic OH excluding ortho intramolecular Hbond substituents is 1. The van der Waals surface area contributed by atoms with Crippen LogP contribution >= 0.6 is 15.9 Å². The van der Waals surface area contributed by atoms with Crippen LogP contribution < -0.4 is 0 Å². The lowest BCUT2D eigenvalue weighted by molar-refractivity contribution is 0.0965. The van der Waals surface area contributed by atoms with E-state index in [2.05, 4.69) is 20.8 Å². The Morgan fingerprint density at radius 1 is 1.39 bits per heavy atom. The van der Waals surface area contributed by atoms with Crippen molar-refractivity contribution in [2.75, 3.05) is 26.8 Å². The number of hydrogen-bond donors (Lipinski definition) is 1. The lowest BCUT2D eigenvalue weighted by Gasteiger charge is -2.31. The number of aromatic hydroxyl groups is 1. The fraction of sp³-hybridized carbons (Fsp3) is 0.571. The van der Waals surface area contributed by atoms with Crippen LogP contribution in [0.3, 0.4) is 0 Å². The first-order chi connectivity index (χ1) is 8.69. The molecule has 0 bridgehead atoms. The SMILES string of the molecule is COCC1CCN(Cc2cc(Br)ccc2O)CC1. The molecule has 1 fully saturated rings. The van der Waals surface area contributed by atoms with Gasteiger partial charge in [-0.05, 0) is 50.0 Å². The molecule has 1 N–H and O–H groups in total. The Kier molecular flexibility index (Phi) is 5.03. The second-order valence-electron chi connectivity index (χ2n) is 4.95. The summed E-state index contributed by atoms with van der Waals surface area (Å²) in [6, 6.07) is 5.61. The van der Waals surface area contributed by atoms with Crippen molar-refractivity contribution in [1.29, 1.82) is 0 Å². The maximum absolute atomic E-state index is 9.83. The van der Waals surface area contributed by atoms with Crippen LogP contribution in [0.25, 0.3) is 0 Å². The second kappa shape index (κ2) is 6.55. The Labute approximate surface area is 117 Å². The van der Waals surface area contributed by atoms with Crippen molar-refractivity contribution in [3.63, 3.8) is 0 Å². The van der Waals surface area contributed by atoms with Gasteiger partial charge in [0.1, 0.15) is 5.75 Å². The van der Waals surface area contributed by atoms with Gasteiger partial charge in [0.25, 0.3) is 0 Å². The monoisotopic (exact) mass is 313 g/mol. The van der Waals surface area contributed by atoms with Gasteiger partial charge in [0.2, 0.25) is 0 Å². The Bertz CT molecular complexity index is 389. The molecule has 0 saturated carbocycles. The van der Waals surface area contributed by atoms with Crippen molar-refractivity contribution < 1.29 is 9.84 Å². The summed E-state index contributed by atoms with van der Waals surface area (Å²) in [5.74, 6) is 1.08. The van der Waals surface area contributed by atoms with Gasteiger partial charge in [0.15, 0.2) is 0 Å². The van der Waals surface area contributed by atoms with Crippen LogP contribution in [0.15, 0.2) is 22.7 Å². The van der Waals surface area contributed by atoms with E-state index in [4.69, 9.17) is 4.74 Å². The molecule has 0 radical (unpaired) electrons. The highest BCUT2D eigenvalue weighted by Gasteiger charge is 2.19. The molecule has 1 aliphatic heterocycles. The third-order valence-corrected chi connectivity index (χ3v) is 4.04. The van der Waals surface area contributed by atoms with Gasteiger partial charge in [-0.15, -0.1) is 0 Å². The largest absolute Gasteiger partial charge is 0.508 e. The molecule has 1 saturated heterocycles. The molecule has 100 valence electrons. The molecular weight excluding hydrogens is 294 g/mol. The first-order valence-corrected chi connectivity index (χ1v) is 7.17. The number of hydrogen-bond acceptors (Lipinski definition) is 3. The van der Waals surface area contributed by atoms with Crippen molar-refractivity contribution in [3.05, 3.63) is 28.2 Å². The molecule has 3 nitrogen and oxygen atoms in total. The summed E-state index contributed by atoms with van der Waals surface area (Å²) in [6.07, 6.45) is 2.37. The van der Waals surface area contributed by atoms with Gasteiger partial charge in [-0.3, -0.25) is 4.90 Å². The normalized spacial score (nSPS) is 18.1. The van der Waals surface area contributed by atoms with E-state index in [0.717, 1.165) is 36.3 Å². The van der Waals surface area contributed by atoms with Crippen molar-refractivity contribution in [3.8, 4) is 5.75 Å². The van der Waals surface area contributed by atoms with Gasteiger partial charge in [-0.25, -0.2) is 0 Å². The fourth-order valence-electron chi connectivity index (χ4n) is 2.47. The quantitative estimate of drug-likeness (QED) is 0.927. The molecule has 18 heavy (non-hydrogen) atoms. The Morgan fingerprint density at radius 2 is 2.11 bits per heavy atom. The summed E-state index contributed by atoms with van der Waals surface area (Å²) in [6.45, 7) is 3.86. The van der Waals surface area contributed by atoms with Gasteiger partial charge >= 0.3 is 0 Å². The average molecular weight is 314 g/mol. The van der Waals surface area contributed by atoms with Crippen LogP contribution in [-0.4, -0.2) is 36.8 Å². The predicted molar refractivity (Wildman–Crippen MR) is 75.7 cm³/mol. The van der Waals surface area contributed by atoms with Crippen LogP contribution in [0.2, 0.25) is 0 Å². The molecule has 0 aliphatic carbocycles. The highest BCUT2D eigenvalue weighted by atomic mass is 79.9. The summed E-state index contributed by atoms with van der Waals surface area (Å²) in [5, 5.41) is 9.83. The average Bonchev–Trinajstić information content (AvgIpc) is 2.37. The predicted octanol–water partition coefficient (Wildman–Crippen LogP) is 3.01. The maximum Gasteiger partial charge on any atom is 0.120 e. The van der Waals surface area contributed by atoms with E-state index in [9.17, 15) is 5.11 Å². The van der Waals surface area contributed by atoms with Crippen molar-refractivity contribution in [1.82, 2.24) is 4.90 Å². The Balaban J connectivity index is 1.89. The summed E-state index contributed by atoms with van der Waals surface area (Å²) >= 11 is 3.45. The minimum atomic E-state index is 0.386. The molecular formula is C14H20BrNO2. The standard InChI is InChI=1S/C14H20BrNO2/c1-18-10-11-4-6-16(7-5-11)9-12-8-13(15)2-3-14(12)17/h2-3,8,11,17H,4-7,9-10H2,1H3. The van der Waals surface area contributed by atoms with Crippen LogP contribution in [0.1, 0.15) is 18.4 Å². The maximum atomic E-state index is 9.83. The van der Waals surface area contributed by atoms with Gasteiger partial charge in [-0.1, -0.05) is 15.9 Å². The lowest BCUT2D eigenvalue weighted by Crippen LogP contribution is -2.34. The minimum Gasteiger partial charge on any atom is -0.508 e. The number of phenols is 1. The zero-order chi connectivity index (χ0) is 13.0. The molecule has 1 heterocycles. The lowest BCUT2D eigenvalue weighted by atomic mass is 9.97. The number of methoxy groups -OCH3 is 1. The van der Waals surface area contributed by atoms with Crippen molar-refractivity contribution in [2.45, 2.75) is 19.4 Å². The van der Waals surface area contributed by atoms with E-state index in [1.165, 1.54) is 12.8 Å². The van der Waals surface area contributed by atoms with Crippen LogP contribution in [-0.2, 0) is 11.3 Å². The van der Waals surface area contributed by atoms with Crippen LogP contribution in [0.5, 0.6) is 5.75 Å². The molecule has 0 atom stereocenters. The molecule has 0 amide bonds. The smallest absolute Gasteiger partial charge is 0.120 e. The molecule has 0 aromatic heterocycles. The second-order valence-corrected chi connectivity index (χ2v) is 5.86. The van der Waals surface area contributed by atoms with E-state index >= 15 is 0 Å². The Hall–Kier alpha value is -0.580. The number of benzene rings is 1. The summed E-state index contributed by atoms with van der Waals surface area (Å²) in [7, 11) is 1.77. The van der Waals surface area contributed by atoms with Crippen LogP contribution in [0, 0.1) is 5.92 Å². The third-order valence-electron chi connectivity index (χ3n) is 3.55. The van der Waals surface area contributed by atoms with E-state index in [1.807, 2.05) is 12.1 Å². The molecule has 1 aliphatic rings. The fourth-order valence-corrected chi connectivity index (χ4v) is 2.88. The molecule has 0 spiro atoms. The van der Waals surface area contributed by atoms with Gasteiger partial charge < -0.3 is 9.84 Å². The number of ether oxygens (including phenoxy) is 1. The first-order valence-electron chi connectivity index (χ1n) is 6.37. The molecule has 4 heteroatoms. The topological polar surface area (TPSA) is 32.7 Å². The van der Waals surface area contributed by atoms with E-state index in [-0.39, 0.29) is 0 Å². The van der Waals surface area contributed by atoms with E-state index in [1.54, 1.807) is 13.2 Å². The Morgan fingerprint density at radius 3 is 2.78 bits per heavy atom. The number of halogens is 1. The highest BCUT2D eigenvalue weighted by molar-refractivity contribution is 9.10. The van der Waals surface area contributed by atoms with Gasteiger partial charge in [-0.2, -0.15) is 0 Å². The molecule has 1 aromatic rings. The van der Waals surface area contributed by atoms with Gasteiger partial charge in [0.05, 0.1) is 0 Å². The molecule has 0 unspecified atom stereocenters. The molecule has 2 rings (SSSR count). The zero-order valence-corrected chi connectivity index (χ0v) is 12.3. The van der Waals surface area contributed by atoms with Crippen molar-refractivity contribution in [2.24, 2.45) is 5.92 Å². The van der Waals surface area contributed by atoms with Crippen LogP contribution in [0.4, 0.5) is 0 Å². The minimum absolute atomic E-state index is 0.386. The van der Waals surface area contributed by atoms with Crippen molar-refractivity contribution >= 4 is 15.9 Å².